The number of benzene rings is 3. The smallest absolute Gasteiger partial charge is 0.234 e. The highest BCUT2D eigenvalue weighted by Crippen LogP contribution is 2.26. The Morgan fingerprint density at radius 1 is 0.969 bits per heavy atom. The molecule has 3 aromatic carbocycles. The monoisotopic (exact) mass is 462 g/mol. The molecule has 4 aromatic rings. The summed E-state index contributed by atoms with van der Waals surface area (Å²) in [4.78, 5) is 12.7. The van der Waals surface area contributed by atoms with Crippen LogP contribution >= 0.6 is 23.4 Å². The van der Waals surface area contributed by atoms with Gasteiger partial charge < -0.3 is 9.88 Å². The van der Waals surface area contributed by atoms with E-state index in [1.807, 2.05) is 78.2 Å². The lowest BCUT2D eigenvalue weighted by atomic mass is 10.0. The molecule has 1 aromatic heterocycles. The summed E-state index contributed by atoms with van der Waals surface area (Å²) in [6.45, 7) is 2.74. The number of thioether (sulfide) groups is 1. The molecule has 32 heavy (non-hydrogen) atoms. The van der Waals surface area contributed by atoms with Crippen LogP contribution in [0.1, 0.15) is 18.1 Å². The van der Waals surface area contributed by atoms with Crippen molar-refractivity contribution in [3.8, 4) is 11.4 Å². The molecule has 0 radical (unpaired) electrons. The highest BCUT2D eigenvalue weighted by atomic mass is 35.5. The van der Waals surface area contributed by atoms with Crippen molar-refractivity contribution in [3.05, 3.63) is 95.0 Å². The average molecular weight is 463 g/mol. The molecule has 5 nitrogen and oxygen atoms in total. The second kappa shape index (κ2) is 10.5. The predicted molar refractivity (Wildman–Crippen MR) is 131 cm³/mol. The third-order valence-electron chi connectivity index (χ3n) is 5.00. The maximum Gasteiger partial charge on any atom is 0.234 e. The number of rotatable bonds is 8. The number of carbonyl (C=O) groups excluding carboxylic acids is 1. The third kappa shape index (κ3) is 5.39. The van der Waals surface area contributed by atoms with Gasteiger partial charge in [0.25, 0.3) is 0 Å². The van der Waals surface area contributed by atoms with Crippen LogP contribution in [-0.2, 0) is 17.8 Å². The SMILES string of the molecule is CCn1c(SCC(=O)Nc2ccccc2Cc2ccccc2)nnc1-c1ccc(Cl)cc1. The van der Waals surface area contributed by atoms with Crippen LogP contribution in [0.4, 0.5) is 5.69 Å². The topological polar surface area (TPSA) is 59.8 Å². The van der Waals surface area contributed by atoms with E-state index in [1.165, 1.54) is 17.3 Å². The lowest BCUT2D eigenvalue weighted by Gasteiger charge is -2.11. The molecule has 0 aliphatic carbocycles. The Morgan fingerprint density at radius 2 is 1.69 bits per heavy atom. The van der Waals surface area contributed by atoms with Gasteiger partial charge in [0.2, 0.25) is 5.91 Å². The van der Waals surface area contributed by atoms with E-state index in [0.717, 1.165) is 29.1 Å². The van der Waals surface area contributed by atoms with Crippen LogP contribution in [0.5, 0.6) is 0 Å². The zero-order valence-electron chi connectivity index (χ0n) is 17.7. The first kappa shape index (κ1) is 22.1. The summed E-state index contributed by atoms with van der Waals surface area (Å²) < 4.78 is 2.00. The molecule has 0 bridgehead atoms. The zero-order valence-corrected chi connectivity index (χ0v) is 19.2. The summed E-state index contributed by atoms with van der Waals surface area (Å²) in [6, 6.07) is 25.6. The summed E-state index contributed by atoms with van der Waals surface area (Å²) >= 11 is 7.37. The first-order valence-electron chi connectivity index (χ1n) is 10.4. The molecule has 0 spiro atoms. The molecule has 4 rings (SSSR count). The number of amides is 1. The van der Waals surface area contributed by atoms with Gasteiger partial charge in [-0.15, -0.1) is 10.2 Å². The molecule has 0 unspecified atom stereocenters. The van der Waals surface area contributed by atoms with Gasteiger partial charge in [0.05, 0.1) is 5.75 Å². The van der Waals surface area contributed by atoms with Gasteiger partial charge in [-0.3, -0.25) is 4.79 Å². The number of nitrogens with one attached hydrogen (secondary N) is 1. The van der Waals surface area contributed by atoms with Gasteiger partial charge >= 0.3 is 0 Å². The first-order valence-corrected chi connectivity index (χ1v) is 11.7. The molecule has 162 valence electrons. The minimum atomic E-state index is -0.0748. The quantitative estimate of drug-likeness (QED) is 0.329. The third-order valence-corrected chi connectivity index (χ3v) is 6.22. The van der Waals surface area contributed by atoms with E-state index in [-0.39, 0.29) is 11.7 Å². The lowest BCUT2D eigenvalue weighted by Crippen LogP contribution is -2.16. The number of halogens is 1. The molecular weight excluding hydrogens is 440 g/mol. The summed E-state index contributed by atoms with van der Waals surface area (Å²) in [5, 5.41) is 13.1. The Kier molecular flexibility index (Phi) is 7.24. The second-order valence-electron chi connectivity index (χ2n) is 7.21. The Bertz CT molecular complexity index is 1190. The average Bonchev–Trinajstić information content (AvgIpc) is 3.23. The minimum absolute atomic E-state index is 0.0748. The largest absolute Gasteiger partial charge is 0.325 e. The molecule has 0 aliphatic rings. The van der Waals surface area contributed by atoms with Gasteiger partial charge in [0.15, 0.2) is 11.0 Å². The van der Waals surface area contributed by atoms with E-state index >= 15 is 0 Å². The van der Waals surface area contributed by atoms with E-state index < -0.39 is 0 Å². The molecular formula is C25H23ClN4OS. The van der Waals surface area contributed by atoms with E-state index in [2.05, 4.69) is 27.6 Å². The van der Waals surface area contributed by atoms with Crippen molar-refractivity contribution >= 4 is 35.0 Å². The van der Waals surface area contributed by atoms with Crippen molar-refractivity contribution < 1.29 is 4.79 Å². The molecule has 1 heterocycles. The molecule has 1 amide bonds. The summed E-state index contributed by atoms with van der Waals surface area (Å²) in [6.07, 6.45) is 0.763. The maximum atomic E-state index is 12.7. The van der Waals surface area contributed by atoms with Gasteiger partial charge in [-0.05, 0) is 54.8 Å². The van der Waals surface area contributed by atoms with E-state index in [0.29, 0.717) is 16.7 Å². The van der Waals surface area contributed by atoms with Gasteiger partial charge in [0.1, 0.15) is 0 Å². The van der Waals surface area contributed by atoms with Crippen LogP contribution in [0.15, 0.2) is 84.0 Å². The van der Waals surface area contributed by atoms with Crippen molar-refractivity contribution in [1.29, 1.82) is 0 Å². The van der Waals surface area contributed by atoms with E-state index in [4.69, 9.17) is 11.6 Å². The van der Waals surface area contributed by atoms with Crippen LogP contribution in [0.3, 0.4) is 0 Å². The summed E-state index contributed by atoms with van der Waals surface area (Å²) in [5.41, 5.74) is 4.06. The van der Waals surface area contributed by atoms with Gasteiger partial charge in [-0.25, -0.2) is 0 Å². The van der Waals surface area contributed by atoms with Crippen molar-refractivity contribution in [1.82, 2.24) is 14.8 Å². The van der Waals surface area contributed by atoms with Gasteiger partial charge in [0, 0.05) is 22.8 Å². The van der Waals surface area contributed by atoms with E-state index in [9.17, 15) is 4.79 Å². The predicted octanol–water partition coefficient (Wildman–Crippen LogP) is 5.94. The summed E-state index contributed by atoms with van der Waals surface area (Å²) in [7, 11) is 0. The van der Waals surface area contributed by atoms with Crippen molar-refractivity contribution in [3.63, 3.8) is 0 Å². The number of anilines is 1. The highest BCUT2D eigenvalue weighted by Gasteiger charge is 2.15. The Hall–Kier alpha value is -3.09. The molecule has 1 N–H and O–H groups in total. The summed E-state index contributed by atoms with van der Waals surface area (Å²) in [5.74, 6) is 0.938. The van der Waals surface area contributed by atoms with Crippen molar-refractivity contribution in [2.75, 3.05) is 11.1 Å². The standard InChI is InChI=1S/C25H23ClN4OS/c1-2-30-24(19-12-14-21(26)15-13-19)28-29-25(30)32-17-23(31)27-22-11-7-6-10-20(22)16-18-8-4-3-5-9-18/h3-15H,2,16-17H2,1H3,(H,27,31). The van der Waals surface area contributed by atoms with Crippen molar-refractivity contribution in [2.24, 2.45) is 0 Å². The van der Waals surface area contributed by atoms with Crippen LogP contribution in [0, 0.1) is 0 Å². The number of carbonyl (C=O) groups is 1. The number of para-hydroxylation sites is 1. The Morgan fingerprint density at radius 3 is 2.44 bits per heavy atom. The Labute approximate surface area is 196 Å². The number of nitrogens with zero attached hydrogens (tertiary/aromatic N) is 3. The zero-order chi connectivity index (χ0) is 22.3. The van der Waals surface area contributed by atoms with E-state index in [1.54, 1.807) is 0 Å². The van der Waals surface area contributed by atoms with Crippen LogP contribution < -0.4 is 5.32 Å². The normalized spacial score (nSPS) is 10.8. The Balaban J connectivity index is 1.42. The number of hydrogen-bond acceptors (Lipinski definition) is 4. The van der Waals surface area contributed by atoms with Gasteiger partial charge in [-0.1, -0.05) is 71.9 Å². The second-order valence-corrected chi connectivity index (χ2v) is 8.59. The molecule has 0 aliphatic heterocycles. The highest BCUT2D eigenvalue weighted by molar-refractivity contribution is 7.99. The molecule has 0 saturated carbocycles. The fourth-order valence-electron chi connectivity index (χ4n) is 3.42. The molecule has 0 atom stereocenters. The lowest BCUT2D eigenvalue weighted by molar-refractivity contribution is -0.113. The number of aromatic nitrogens is 3. The number of hydrogen-bond donors (Lipinski definition) is 1. The van der Waals surface area contributed by atoms with Gasteiger partial charge in [-0.2, -0.15) is 0 Å². The van der Waals surface area contributed by atoms with Crippen LogP contribution in [0.2, 0.25) is 5.02 Å². The fraction of sp³-hybridized carbons (Fsp3) is 0.160. The van der Waals surface area contributed by atoms with Crippen LogP contribution in [-0.4, -0.2) is 26.4 Å². The molecule has 0 saturated heterocycles. The van der Waals surface area contributed by atoms with Crippen molar-refractivity contribution in [2.45, 2.75) is 25.0 Å². The fourth-order valence-corrected chi connectivity index (χ4v) is 4.35. The van der Waals surface area contributed by atoms with Crippen LogP contribution in [0.25, 0.3) is 11.4 Å². The minimum Gasteiger partial charge on any atom is -0.325 e. The first-order chi connectivity index (χ1) is 15.6. The maximum absolute atomic E-state index is 12.7. The molecule has 7 heteroatoms. The molecule has 0 fully saturated rings.